The van der Waals surface area contributed by atoms with Crippen LogP contribution in [-0.4, -0.2) is 51.5 Å². The number of rotatable bonds is 2. The second-order valence-electron chi connectivity index (χ2n) is 5.90. The van der Waals surface area contributed by atoms with Gasteiger partial charge in [0.2, 0.25) is 0 Å². The van der Waals surface area contributed by atoms with Crippen molar-refractivity contribution in [1.82, 2.24) is 19.4 Å². The predicted molar refractivity (Wildman–Crippen MR) is 97.2 cm³/mol. The lowest BCUT2D eigenvalue weighted by Gasteiger charge is -2.35. The summed E-state index contributed by atoms with van der Waals surface area (Å²) in [5, 5.41) is 1.90. The molecule has 1 aliphatic rings. The first-order valence-corrected chi connectivity index (χ1v) is 8.92. The van der Waals surface area contributed by atoms with Gasteiger partial charge in [-0.25, -0.2) is 9.97 Å². The third-order valence-corrected chi connectivity index (χ3v) is 5.26. The molecular formula is C17H17N5O2S. The van der Waals surface area contributed by atoms with Gasteiger partial charge in [-0.05, 0) is 23.6 Å². The Labute approximate surface area is 148 Å². The van der Waals surface area contributed by atoms with Gasteiger partial charge in [0.05, 0.1) is 4.88 Å². The van der Waals surface area contributed by atoms with Gasteiger partial charge in [-0.1, -0.05) is 6.07 Å². The van der Waals surface area contributed by atoms with Crippen molar-refractivity contribution in [2.45, 2.75) is 0 Å². The Bertz CT molecular complexity index is 974. The number of carbonyl (C=O) groups is 1. The van der Waals surface area contributed by atoms with Crippen molar-refractivity contribution < 1.29 is 4.79 Å². The number of amides is 1. The highest BCUT2D eigenvalue weighted by Gasteiger charge is 2.25. The molecule has 25 heavy (non-hydrogen) atoms. The van der Waals surface area contributed by atoms with Gasteiger partial charge in [-0.3, -0.25) is 14.2 Å². The van der Waals surface area contributed by atoms with E-state index in [1.807, 2.05) is 33.4 Å². The average molecular weight is 355 g/mol. The molecule has 1 aliphatic heterocycles. The van der Waals surface area contributed by atoms with Crippen LogP contribution in [0.3, 0.4) is 0 Å². The summed E-state index contributed by atoms with van der Waals surface area (Å²) in [5.41, 5.74) is 1.10. The van der Waals surface area contributed by atoms with Gasteiger partial charge in [-0.15, -0.1) is 11.3 Å². The van der Waals surface area contributed by atoms with E-state index in [4.69, 9.17) is 0 Å². The van der Waals surface area contributed by atoms with Crippen LogP contribution in [0.5, 0.6) is 0 Å². The minimum absolute atomic E-state index is 0.0539. The van der Waals surface area contributed by atoms with E-state index in [1.165, 1.54) is 15.9 Å². The van der Waals surface area contributed by atoms with Crippen molar-refractivity contribution in [3.05, 3.63) is 51.1 Å². The van der Waals surface area contributed by atoms with Crippen LogP contribution in [0.25, 0.3) is 11.2 Å². The summed E-state index contributed by atoms with van der Waals surface area (Å²) in [5.74, 6) is 0.476. The van der Waals surface area contributed by atoms with Gasteiger partial charge in [-0.2, -0.15) is 0 Å². The third kappa shape index (κ3) is 2.78. The standard InChI is InChI=1S/C17H17N5O2S/c1-20-14-12(4-2-6-18-14)19-15(17(20)24)21-7-9-22(10-8-21)16(23)13-5-3-11-25-13/h2-6,11H,7-10H2,1H3. The van der Waals surface area contributed by atoms with E-state index < -0.39 is 0 Å². The normalized spacial score (nSPS) is 14.9. The maximum absolute atomic E-state index is 12.6. The molecule has 8 heteroatoms. The third-order valence-electron chi connectivity index (χ3n) is 4.40. The maximum Gasteiger partial charge on any atom is 0.294 e. The summed E-state index contributed by atoms with van der Waals surface area (Å²) in [6, 6.07) is 7.38. The smallest absolute Gasteiger partial charge is 0.294 e. The summed E-state index contributed by atoms with van der Waals surface area (Å²) in [6.45, 7) is 2.33. The zero-order valence-corrected chi connectivity index (χ0v) is 14.6. The fourth-order valence-corrected chi connectivity index (χ4v) is 3.72. The Kier molecular flexibility index (Phi) is 3.96. The van der Waals surface area contributed by atoms with Crippen LogP contribution in [0.4, 0.5) is 5.82 Å². The predicted octanol–water partition coefficient (Wildman–Crippen LogP) is 1.35. The van der Waals surface area contributed by atoms with E-state index in [0.29, 0.717) is 43.2 Å². The number of carbonyl (C=O) groups excluding carboxylic acids is 1. The first kappa shape index (κ1) is 15.8. The van der Waals surface area contributed by atoms with Gasteiger partial charge in [0.15, 0.2) is 11.5 Å². The van der Waals surface area contributed by atoms with Crippen LogP contribution in [-0.2, 0) is 7.05 Å². The summed E-state index contributed by atoms with van der Waals surface area (Å²) < 4.78 is 1.53. The van der Waals surface area contributed by atoms with E-state index in [-0.39, 0.29) is 11.5 Å². The Balaban J connectivity index is 1.57. The second kappa shape index (κ2) is 6.29. The minimum atomic E-state index is -0.163. The van der Waals surface area contributed by atoms with Gasteiger partial charge in [0, 0.05) is 39.4 Å². The highest BCUT2D eigenvalue weighted by atomic mass is 32.1. The zero-order valence-electron chi connectivity index (χ0n) is 13.8. The molecule has 0 N–H and O–H groups in total. The minimum Gasteiger partial charge on any atom is -0.348 e. The number of nitrogens with zero attached hydrogens (tertiary/aromatic N) is 5. The lowest BCUT2D eigenvalue weighted by atomic mass is 10.3. The number of fused-ring (bicyclic) bond motifs is 1. The van der Waals surface area contributed by atoms with Crippen LogP contribution in [0.15, 0.2) is 40.6 Å². The first-order valence-electron chi connectivity index (χ1n) is 8.04. The van der Waals surface area contributed by atoms with Gasteiger partial charge < -0.3 is 9.80 Å². The molecule has 0 radical (unpaired) electrons. The van der Waals surface area contributed by atoms with Crippen molar-refractivity contribution in [2.75, 3.05) is 31.1 Å². The molecule has 3 aromatic heterocycles. The topological polar surface area (TPSA) is 71.3 Å². The Morgan fingerprint density at radius 1 is 1.16 bits per heavy atom. The molecule has 0 bridgehead atoms. The number of aryl methyl sites for hydroxylation is 1. The summed E-state index contributed by atoms with van der Waals surface area (Å²) in [6.07, 6.45) is 1.65. The van der Waals surface area contributed by atoms with E-state index in [9.17, 15) is 9.59 Å². The molecule has 0 unspecified atom stereocenters. The molecule has 0 aromatic carbocycles. The fraction of sp³-hybridized carbons (Fsp3) is 0.294. The Morgan fingerprint density at radius 2 is 1.96 bits per heavy atom. The number of hydrogen-bond acceptors (Lipinski definition) is 6. The highest BCUT2D eigenvalue weighted by molar-refractivity contribution is 7.12. The maximum atomic E-state index is 12.6. The van der Waals surface area contributed by atoms with Crippen LogP contribution in [0.2, 0.25) is 0 Å². The molecule has 1 saturated heterocycles. The van der Waals surface area contributed by atoms with Crippen molar-refractivity contribution in [3.8, 4) is 0 Å². The van der Waals surface area contributed by atoms with E-state index in [0.717, 1.165) is 4.88 Å². The van der Waals surface area contributed by atoms with Crippen molar-refractivity contribution in [1.29, 1.82) is 0 Å². The van der Waals surface area contributed by atoms with Crippen molar-refractivity contribution in [2.24, 2.45) is 7.05 Å². The number of anilines is 1. The molecule has 3 aromatic rings. The molecule has 4 heterocycles. The second-order valence-corrected chi connectivity index (χ2v) is 6.85. The number of thiophene rings is 1. The highest BCUT2D eigenvalue weighted by Crippen LogP contribution is 2.17. The average Bonchev–Trinajstić information content (AvgIpc) is 3.19. The first-order chi connectivity index (χ1) is 12.1. The van der Waals surface area contributed by atoms with E-state index >= 15 is 0 Å². The molecule has 1 fully saturated rings. The zero-order chi connectivity index (χ0) is 17.4. The molecule has 128 valence electrons. The van der Waals surface area contributed by atoms with E-state index in [1.54, 1.807) is 19.3 Å². The molecule has 0 saturated carbocycles. The van der Waals surface area contributed by atoms with Gasteiger partial charge in [0.1, 0.15) is 5.52 Å². The lowest BCUT2D eigenvalue weighted by Crippen LogP contribution is -2.50. The molecule has 0 aliphatic carbocycles. The molecular weight excluding hydrogens is 338 g/mol. The molecule has 1 amide bonds. The van der Waals surface area contributed by atoms with Gasteiger partial charge >= 0.3 is 0 Å². The number of hydrogen-bond donors (Lipinski definition) is 0. The Hall–Kier alpha value is -2.74. The summed E-state index contributed by atoms with van der Waals surface area (Å²) >= 11 is 1.45. The molecule has 0 atom stereocenters. The van der Waals surface area contributed by atoms with Crippen LogP contribution in [0.1, 0.15) is 9.67 Å². The quantitative estimate of drug-likeness (QED) is 0.694. The molecule has 7 nitrogen and oxygen atoms in total. The van der Waals surface area contributed by atoms with Crippen molar-refractivity contribution in [3.63, 3.8) is 0 Å². The van der Waals surface area contributed by atoms with Crippen LogP contribution >= 0.6 is 11.3 Å². The largest absolute Gasteiger partial charge is 0.348 e. The number of pyridine rings is 1. The molecule has 4 rings (SSSR count). The SMILES string of the molecule is Cn1c(=O)c(N2CCN(C(=O)c3cccs3)CC2)nc2cccnc21. The number of piperazine rings is 1. The van der Waals surface area contributed by atoms with Crippen LogP contribution < -0.4 is 10.5 Å². The van der Waals surface area contributed by atoms with E-state index in [2.05, 4.69) is 9.97 Å². The number of aromatic nitrogens is 3. The summed E-state index contributed by atoms with van der Waals surface area (Å²) in [7, 11) is 1.71. The summed E-state index contributed by atoms with van der Waals surface area (Å²) in [4.78, 5) is 38.3. The van der Waals surface area contributed by atoms with Gasteiger partial charge in [0.25, 0.3) is 11.5 Å². The fourth-order valence-electron chi connectivity index (χ4n) is 3.03. The van der Waals surface area contributed by atoms with Crippen LogP contribution in [0, 0.1) is 0 Å². The van der Waals surface area contributed by atoms with Crippen molar-refractivity contribution >= 4 is 34.2 Å². The molecule has 0 spiro atoms. The Morgan fingerprint density at radius 3 is 2.68 bits per heavy atom. The monoisotopic (exact) mass is 355 g/mol. The lowest BCUT2D eigenvalue weighted by molar-refractivity contribution is 0.0751.